The molecule has 3 N–H and O–H groups in total. The molecule has 0 saturated heterocycles. The topological polar surface area (TPSA) is 88.1 Å². The molecule has 0 unspecified atom stereocenters. The van der Waals surface area contributed by atoms with E-state index in [0.29, 0.717) is 11.3 Å². The molecule has 2 rings (SSSR count). The van der Waals surface area contributed by atoms with Crippen molar-refractivity contribution < 1.29 is 9.53 Å². The van der Waals surface area contributed by atoms with Crippen molar-refractivity contribution >= 4 is 5.91 Å². The van der Waals surface area contributed by atoms with E-state index in [9.17, 15) is 4.79 Å². The molecular formula is C14H17N3O2. The fourth-order valence-electron chi connectivity index (χ4n) is 2.39. The first-order valence-corrected chi connectivity index (χ1v) is 6.40. The highest BCUT2D eigenvalue weighted by molar-refractivity contribution is 5.78. The molecule has 0 aliphatic heterocycles. The Morgan fingerprint density at radius 2 is 2.11 bits per heavy atom. The van der Waals surface area contributed by atoms with E-state index in [-0.39, 0.29) is 17.9 Å². The Balaban J connectivity index is 1.89. The second-order valence-electron chi connectivity index (χ2n) is 4.74. The van der Waals surface area contributed by atoms with Gasteiger partial charge in [-0.25, -0.2) is 5.84 Å². The Labute approximate surface area is 112 Å². The highest BCUT2D eigenvalue weighted by Crippen LogP contribution is 2.27. The van der Waals surface area contributed by atoms with Crippen molar-refractivity contribution in [3.8, 4) is 11.8 Å². The third-order valence-corrected chi connectivity index (χ3v) is 3.45. The van der Waals surface area contributed by atoms with Gasteiger partial charge in [0.15, 0.2) is 0 Å². The number of nitrogens with one attached hydrogen (secondary N) is 1. The number of nitrogens with two attached hydrogens (primary N) is 1. The lowest BCUT2D eigenvalue weighted by Crippen LogP contribution is -2.38. The molecule has 0 bridgehead atoms. The number of rotatable bonds is 3. The van der Waals surface area contributed by atoms with Crippen LogP contribution >= 0.6 is 0 Å². The Morgan fingerprint density at radius 3 is 2.74 bits per heavy atom. The van der Waals surface area contributed by atoms with E-state index in [0.717, 1.165) is 25.7 Å². The molecule has 5 heteroatoms. The number of nitrogens with zero attached hydrogens (tertiary/aromatic N) is 1. The maximum atomic E-state index is 11.4. The zero-order valence-corrected chi connectivity index (χ0v) is 10.6. The van der Waals surface area contributed by atoms with Crippen molar-refractivity contribution in [2.24, 2.45) is 11.8 Å². The number of amides is 1. The summed E-state index contributed by atoms with van der Waals surface area (Å²) < 4.78 is 5.85. The molecule has 0 atom stereocenters. The summed E-state index contributed by atoms with van der Waals surface area (Å²) in [5.74, 6) is 5.75. The maximum absolute atomic E-state index is 11.4. The van der Waals surface area contributed by atoms with E-state index < -0.39 is 0 Å². The predicted molar refractivity (Wildman–Crippen MR) is 69.9 cm³/mol. The van der Waals surface area contributed by atoms with Gasteiger partial charge in [0.05, 0.1) is 17.7 Å². The number of hydrogen-bond acceptors (Lipinski definition) is 4. The van der Waals surface area contributed by atoms with Gasteiger partial charge < -0.3 is 4.74 Å². The first-order chi connectivity index (χ1) is 9.22. The molecule has 1 amide bonds. The third kappa shape index (κ3) is 3.46. The summed E-state index contributed by atoms with van der Waals surface area (Å²) >= 11 is 0. The van der Waals surface area contributed by atoms with E-state index in [1.54, 1.807) is 18.2 Å². The summed E-state index contributed by atoms with van der Waals surface area (Å²) in [6.45, 7) is 0. The third-order valence-electron chi connectivity index (χ3n) is 3.45. The lowest BCUT2D eigenvalue weighted by atomic mass is 9.87. The van der Waals surface area contributed by atoms with Crippen molar-refractivity contribution in [3.63, 3.8) is 0 Å². The minimum Gasteiger partial charge on any atom is -0.490 e. The standard InChI is InChI=1S/C14H17N3O2/c15-9-10-2-1-3-13(8-10)19-12-6-4-11(5-7-12)14(18)17-16/h1-3,8,11-12H,4-7,16H2,(H,17,18). The molecular weight excluding hydrogens is 242 g/mol. The van der Waals surface area contributed by atoms with Gasteiger partial charge in [-0.2, -0.15) is 5.26 Å². The van der Waals surface area contributed by atoms with Gasteiger partial charge in [0.2, 0.25) is 5.91 Å². The maximum Gasteiger partial charge on any atom is 0.236 e. The van der Waals surface area contributed by atoms with E-state index in [4.69, 9.17) is 15.8 Å². The van der Waals surface area contributed by atoms with E-state index in [1.807, 2.05) is 6.07 Å². The first kappa shape index (κ1) is 13.4. The summed E-state index contributed by atoms with van der Waals surface area (Å²) in [4.78, 5) is 11.4. The van der Waals surface area contributed by atoms with Crippen molar-refractivity contribution in [2.75, 3.05) is 0 Å². The Hall–Kier alpha value is -2.06. The molecule has 100 valence electrons. The zero-order valence-electron chi connectivity index (χ0n) is 10.6. The summed E-state index contributed by atoms with van der Waals surface area (Å²) in [5, 5.41) is 8.83. The molecule has 19 heavy (non-hydrogen) atoms. The molecule has 1 aliphatic carbocycles. The van der Waals surface area contributed by atoms with Gasteiger partial charge in [0.25, 0.3) is 0 Å². The lowest BCUT2D eigenvalue weighted by Gasteiger charge is -2.27. The largest absolute Gasteiger partial charge is 0.490 e. The predicted octanol–water partition coefficient (Wildman–Crippen LogP) is 1.49. The van der Waals surface area contributed by atoms with E-state index >= 15 is 0 Å². The molecule has 5 nitrogen and oxygen atoms in total. The van der Waals surface area contributed by atoms with Gasteiger partial charge in [-0.15, -0.1) is 0 Å². The van der Waals surface area contributed by atoms with Crippen molar-refractivity contribution in [2.45, 2.75) is 31.8 Å². The van der Waals surface area contributed by atoms with Crippen LogP contribution in [0.3, 0.4) is 0 Å². The van der Waals surface area contributed by atoms with Crippen LogP contribution in [0.4, 0.5) is 0 Å². The first-order valence-electron chi connectivity index (χ1n) is 6.40. The van der Waals surface area contributed by atoms with E-state index in [2.05, 4.69) is 11.5 Å². The minimum absolute atomic E-state index is 0.00436. The second-order valence-corrected chi connectivity index (χ2v) is 4.74. The van der Waals surface area contributed by atoms with Crippen LogP contribution in [-0.4, -0.2) is 12.0 Å². The summed E-state index contributed by atoms with van der Waals surface area (Å²) in [6, 6.07) is 9.22. The molecule has 1 aliphatic rings. The number of hydrazine groups is 1. The van der Waals surface area contributed by atoms with Crippen LogP contribution in [0.1, 0.15) is 31.2 Å². The van der Waals surface area contributed by atoms with Gasteiger partial charge in [-0.05, 0) is 43.9 Å². The number of hydrogen-bond donors (Lipinski definition) is 2. The average Bonchev–Trinajstić information content (AvgIpc) is 2.47. The zero-order chi connectivity index (χ0) is 13.7. The normalized spacial score (nSPS) is 22.3. The van der Waals surface area contributed by atoms with Crippen LogP contribution in [0.2, 0.25) is 0 Å². The summed E-state index contributed by atoms with van der Waals surface area (Å²) in [5.41, 5.74) is 2.79. The molecule has 1 aromatic carbocycles. The Morgan fingerprint density at radius 1 is 1.37 bits per heavy atom. The van der Waals surface area contributed by atoms with Crippen LogP contribution in [0.15, 0.2) is 24.3 Å². The van der Waals surface area contributed by atoms with Gasteiger partial charge in [-0.3, -0.25) is 10.2 Å². The minimum atomic E-state index is -0.0927. The summed E-state index contributed by atoms with van der Waals surface area (Å²) in [6.07, 6.45) is 3.33. The van der Waals surface area contributed by atoms with Gasteiger partial charge in [0.1, 0.15) is 5.75 Å². The second kappa shape index (κ2) is 6.21. The van der Waals surface area contributed by atoms with Crippen LogP contribution in [0, 0.1) is 17.2 Å². The van der Waals surface area contributed by atoms with Crippen molar-refractivity contribution in [1.29, 1.82) is 5.26 Å². The molecule has 0 spiro atoms. The fourth-order valence-corrected chi connectivity index (χ4v) is 2.39. The molecule has 0 heterocycles. The number of carbonyl (C=O) groups is 1. The van der Waals surface area contributed by atoms with Crippen molar-refractivity contribution in [3.05, 3.63) is 29.8 Å². The highest BCUT2D eigenvalue weighted by Gasteiger charge is 2.26. The summed E-state index contributed by atoms with van der Waals surface area (Å²) in [7, 11) is 0. The number of nitriles is 1. The highest BCUT2D eigenvalue weighted by atomic mass is 16.5. The molecule has 1 aromatic rings. The van der Waals surface area contributed by atoms with Crippen LogP contribution < -0.4 is 16.0 Å². The van der Waals surface area contributed by atoms with E-state index in [1.165, 1.54) is 0 Å². The average molecular weight is 259 g/mol. The Bertz CT molecular complexity index is 488. The number of carbonyl (C=O) groups excluding carboxylic acids is 1. The molecule has 0 radical (unpaired) electrons. The molecule has 1 fully saturated rings. The quantitative estimate of drug-likeness (QED) is 0.489. The fraction of sp³-hybridized carbons (Fsp3) is 0.429. The van der Waals surface area contributed by atoms with Gasteiger partial charge in [-0.1, -0.05) is 6.07 Å². The van der Waals surface area contributed by atoms with Crippen LogP contribution in [0.25, 0.3) is 0 Å². The van der Waals surface area contributed by atoms with Crippen LogP contribution in [0.5, 0.6) is 5.75 Å². The number of benzene rings is 1. The number of ether oxygens (including phenoxy) is 1. The van der Waals surface area contributed by atoms with Crippen LogP contribution in [-0.2, 0) is 4.79 Å². The SMILES string of the molecule is N#Cc1cccc(OC2CCC(C(=O)NN)CC2)c1. The molecule has 1 saturated carbocycles. The molecule has 0 aromatic heterocycles. The lowest BCUT2D eigenvalue weighted by molar-refractivity contribution is -0.126. The van der Waals surface area contributed by atoms with Crippen molar-refractivity contribution in [1.82, 2.24) is 5.43 Å². The smallest absolute Gasteiger partial charge is 0.236 e. The van der Waals surface area contributed by atoms with Gasteiger partial charge in [0, 0.05) is 5.92 Å². The Kier molecular flexibility index (Phi) is 4.37. The monoisotopic (exact) mass is 259 g/mol. The van der Waals surface area contributed by atoms with Gasteiger partial charge >= 0.3 is 0 Å².